The molecule has 0 aromatic heterocycles. The summed E-state index contributed by atoms with van der Waals surface area (Å²) in [5.41, 5.74) is 1.12. The fraction of sp³-hybridized carbons (Fsp3) is 0.0667. The number of carboxylic acid groups (broad SMARTS) is 1. The summed E-state index contributed by atoms with van der Waals surface area (Å²) in [6.45, 7) is 1.78. The molecule has 0 spiro atoms. The first-order valence-electron chi connectivity index (χ1n) is 5.99. The Hall–Kier alpha value is -2.04. The number of aromatic carboxylic acids is 1. The molecular weight excluding hydrogens is 313 g/mol. The number of aryl methyl sites for hydroxylation is 1. The minimum Gasteiger partial charge on any atom is -0.478 e. The third-order valence-corrected chi connectivity index (χ3v) is 3.63. The number of benzene rings is 2. The van der Waals surface area contributed by atoms with Crippen LogP contribution >= 0.6 is 23.2 Å². The molecule has 0 bridgehead atoms. The average molecular weight is 324 g/mol. The van der Waals surface area contributed by atoms with E-state index in [0.29, 0.717) is 5.02 Å². The van der Waals surface area contributed by atoms with Crippen LogP contribution in [-0.2, 0) is 0 Å². The van der Waals surface area contributed by atoms with Crippen LogP contribution in [0.1, 0.15) is 26.3 Å². The van der Waals surface area contributed by atoms with Gasteiger partial charge in [-0.25, -0.2) is 4.79 Å². The summed E-state index contributed by atoms with van der Waals surface area (Å²) in [7, 11) is 0. The highest BCUT2D eigenvalue weighted by molar-refractivity contribution is 6.35. The zero-order valence-electron chi connectivity index (χ0n) is 11.0. The second-order valence-electron chi connectivity index (χ2n) is 4.39. The fourth-order valence-corrected chi connectivity index (χ4v) is 2.20. The molecule has 0 heterocycles. The highest BCUT2D eigenvalue weighted by Gasteiger charge is 2.16. The molecule has 0 saturated carbocycles. The van der Waals surface area contributed by atoms with Crippen molar-refractivity contribution in [3.8, 4) is 0 Å². The van der Waals surface area contributed by atoms with Crippen molar-refractivity contribution >= 4 is 40.8 Å². The van der Waals surface area contributed by atoms with Crippen LogP contribution in [0.4, 0.5) is 5.69 Å². The van der Waals surface area contributed by atoms with Crippen LogP contribution in [0.2, 0.25) is 10.0 Å². The van der Waals surface area contributed by atoms with Gasteiger partial charge in [0.1, 0.15) is 0 Å². The summed E-state index contributed by atoms with van der Waals surface area (Å²) >= 11 is 11.8. The van der Waals surface area contributed by atoms with Crippen LogP contribution < -0.4 is 5.32 Å². The maximum absolute atomic E-state index is 12.2. The van der Waals surface area contributed by atoms with Gasteiger partial charge in [-0.2, -0.15) is 0 Å². The van der Waals surface area contributed by atoms with Crippen molar-refractivity contribution in [3.05, 3.63) is 63.1 Å². The molecule has 6 heteroatoms. The second-order valence-corrected chi connectivity index (χ2v) is 5.20. The molecule has 2 rings (SSSR count). The largest absolute Gasteiger partial charge is 0.478 e. The van der Waals surface area contributed by atoms with Gasteiger partial charge in [0.25, 0.3) is 5.91 Å². The Morgan fingerprint density at radius 2 is 1.81 bits per heavy atom. The predicted molar refractivity (Wildman–Crippen MR) is 82.6 cm³/mol. The van der Waals surface area contributed by atoms with E-state index in [2.05, 4.69) is 5.32 Å². The van der Waals surface area contributed by atoms with Gasteiger partial charge in [-0.05, 0) is 36.8 Å². The number of hydrogen-bond acceptors (Lipinski definition) is 2. The third-order valence-electron chi connectivity index (χ3n) is 2.90. The minimum atomic E-state index is -1.18. The lowest BCUT2D eigenvalue weighted by Crippen LogP contribution is -2.15. The van der Waals surface area contributed by atoms with Crippen molar-refractivity contribution in [3.63, 3.8) is 0 Å². The molecule has 0 aliphatic heterocycles. The molecular formula is C15H11Cl2NO3. The van der Waals surface area contributed by atoms with Gasteiger partial charge in [-0.15, -0.1) is 0 Å². The summed E-state index contributed by atoms with van der Waals surface area (Å²) in [6, 6.07) is 9.27. The molecule has 2 N–H and O–H groups in total. The van der Waals surface area contributed by atoms with Gasteiger partial charge >= 0.3 is 5.97 Å². The van der Waals surface area contributed by atoms with E-state index in [1.54, 1.807) is 25.1 Å². The Balaban J connectivity index is 2.36. The van der Waals surface area contributed by atoms with E-state index in [-0.39, 0.29) is 21.8 Å². The van der Waals surface area contributed by atoms with Gasteiger partial charge in [-0.1, -0.05) is 35.3 Å². The number of hydrogen-bond donors (Lipinski definition) is 2. The topological polar surface area (TPSA) is 66.4 Å². The van der Waals surface area contributed by atoms with Crippen molar-refractivity contribution in [2.75, 3.05) is 5.32 Å². The first-order chi connectivity index (χ1) is 9.90. The lowest BCUT2D eigenvalue weighted by atomic mass is 10.1. The highest BCUT2D eigenvalue weighted by atomic mass is 35.5. The third kappa shape index (κ3) is 3.35. The summed E-state index contributed by atoms with van der Waals surface area (Å²) in [4.78, 5) is 23.4. The average Bonchev–Trinajstić information content (AvgIpc) is 2.43. The van der Waals surface area contributed by atoms with Crippen LogP contribution in [0.3, 0.4) is 0 Å². The molecule has 2 aromatic carbocycles. The monoisotopic (exact) mass is 323 g/mol. The van der Waals surface area contributed by atoms with E-state index in [4.69, 9.17) is 28.3 Å². The van der Waals surface area contributed by atoms with Crippen molar-refractivity contribution in [2.24, 2.45) is 0 Å². The van der Waals surface area contributed by atoms with E-state index in [9.17, 15) is 9.59 Å². The van der Waals surface area contributed by atoms with Gasteiger partial charge in [0.2, 0.25) is 0 Å². The molecule has 0 unspecified atom stereocenters. The van der Waals surface area contributed by atoms with Gasteiger partial charge in [0.05, 0.1) is 21.8 Å². The summed E-state index contributed by atoms with van der Waals surface area (Å²) < 4.78 is 0. The lowest BCUT2D eigenvalue weighted by molar-refractivity contribution is 0.0698. The lowest BCUT2D eigenvalue weighted by Gasteiger charge is -2.10. The maximum atomic E-state index is 12.2. The van der Waals surface area contributed by atoms with Gasteiger partial charge in [0.15, 0.2) is 0 Å². The van der Waals surface area contributed by atoms with E-state index in [0.717, 1.165) is 5.56 Å². The maximum Gasteiger partial charge on any atom is 0.337 e. The van der Waals surface area contributed by atoms with Crippen molar-refractivity contribution in [2.45, 2.75) is 6.92 Å². The number of amides is 1. The van der Waals surface area contributed by atoms with Gasteiger partial charge in [0, 0.05) is 5.02 Å². The SMILES string of the molecule is Cc1cccc(C(=O)Nc2ccc(Cl)cc2C(=O)O)c1Cl. The fourth-order valence-electron chi connectivity index (χ4n) is 1.81. The standard InChI is InChI=1S/C15H11Cl2NO3/c1-8-3-2-4-10(13(8)17)14(19)18-12-6-5-9(16)7-11(12)15(20)21/h2-7H,1H3,(H,18,19)(H,20,21). The number of carbonyl (C=O) groups is 2. The molecule has 0 radical (unpaired) electrons. The molecule has 21 heavy (non-hydrogen) atoms. The Morgan fingerprint density at radius 3 is 2.48 bits per heavy atom. The van der Waals surface area contributed by atoms with Crippen LogP contribution in [0.25, 0.3) is 0 Å². The minimum absolute atomic E-state index is 0.0837. The molecule has 1 amide bonds. The molecule has 0 aliphatic rings. The quantitative estimate of drug-likeness (QED) is 0.887. The molecule has 0 atom stereocenters. The van der Waals surface area contributed by atoms with E-state index in [1.807, 2.05) is 0 Å². The molecule has 108 valence electrons. The smallest absolute Gasteiger partial charge is 0.337 e. The van der Waals surface area contributed by atoms with Crippen molar-refractivity contribution in [1.29, 1.82) is 0 Å². The molecule has 0 fully saturated rings. The van der Waals surface area contributed by atoms with E-state index >= 15 is 0 Å². The van der Waals surface area contributed by atoms with Gasteiger partial charge < -0.3 is 10.4 Å². The normalized spacial score (nSPS) is 10.2. The molecule has 0 aliphatic carbocycles. The Labute approximate surface area is 131 Å². The van der Waals surface area contributed by atoms with E-state index in [1.165, 1.54) is 18.2 Å². The predicted octanol–water partition coefficient (Wildman–Crippen LogP) is 4.25. The number of carbonyl (C=O) groups excluding carboxylic acids is 1. The summed E-state index contributed by atoms with van der Waals surface area (Å²) in [5, 5.41) is 12.3. The molecule has 4 nitrogen and oxygen atoms in total. The number of rotatable bonds is 3. The Kier molecular flexibility index (Phi) is 4.50. The van der Waals surface area contributed by atoms with Crippen LogP contribution in [0.5, 0.6) is 0 Å². The first kappa shape index (κ1) is 15.4. The summed E-state index contributed by atoms with van der Waals surface area (Å²) in [5.74, 6) is -1.66. The zero-order valence-corrected chi connectivity index (χ0v) is 12.5. The number of carboxylic acids is 1. The van der Waals surface area contributed by atoms with E-state index < -0.39 is 11.9 Å². The molecule has 2 aromatic rings. The van der Waals surface area contributed by atoms with Crippen molar-refractivity contribution < 1.29 is 14.7 Å². The highest BCUT2D eigenvalue weighted by Crippen LogP contribution is 2.24. The van der Waals surface area contributed by atoms with Gasteiger partial charge in [-0.3, -0.25) is 4.79 Å². The summed E-state index contributed by atoms with van der Waals surface area (Å²) in [6.07, 6.45) is 0. The number of halogens is 2. The second kappa shape index (κ2) is 6.16. The van der Waals surface area contributed by atoms with Crippen LogP contribution in [-0.4, -0.2) is 17.0 Å². The van der Waals surface area contributed by atoms with Crippen molar-refractivity contribution in [1.82, 2.24) is 0 Å². The van der Waals surface area contributed by atoms with Crippen LogP contribution in [0.15, 0.2) is 36.4 Å². The Bertz CT molecular complexity index is 729. The Morgan fingerprint density at radius 1 is 1.10 bits per heavy atom. The first-order valence-corrected chi connectivity index (χ1v) is 6.75. The number of anilines is 1. The van der Waals surface area contributed by atoms with Crippen LogP contribution in [0, 0.1) is 6.92 Å². The molecule has 0 saturated heterocycles. The number of nitrogens with one attached hydrogen (secondary N) is 1. The zero-order chi connectivity index (χ0) is 15.6.